The van der Waals surface area contributed by atoms with E-state index in [1.165, 1.54) is 0 Å². The van der Waals surface area contributed by atoms with Gasteiger partial charge < -0.3 is 0 Å². The van der Waals surface area contributed by atoms with Crippen LogP contribution < -0.4 is 0 Å². The molecular formula is C62H42N4. The zero-order valence-electron chi connectivity index (χ0n) is 36.0. The molecule has 0 fully saturated rings. The van der Waals surface area contributed by atoms with Crippen LogP contribution in [0.4, 0.5) is 0 Å². The summed E-state index contributed by atoms with van der Waals surface area (Å²) in [4.78, 5) is 20.4. The van der Waals surface area contributed by atoms with Crippen LogP contribution >= 0.6 is 0 Å². The lowest BCUT2D eigenvalue weighted by Crippen LogP contribution is -1.97. The Morgan fingerprint density at radius 2 is 0.409 bits per heavy atom. The fourth-order valence-corrected chi connectivity index (χ4v) is 8.67. The highest BCUT2D eigenvalue weighted by atomic mass is 14.9. The maximum atomic E-state index is 5.14. The van der Waals surface area contributed by atoms with Gasteiger partial charge in [-0.05, 0) is 56.6 Å². The molecule has 9 aromatic carbocycles. The molecule has 0 amide bonds. The Kier molecular flexibility index (Phi) is 10.9. The summed E-state index contributed by atoms with van der Waals surface area (Å²) in [6.45, 7) is 0. The Morgan fingerprint density at radius 3 is 0.697 bits per heavy atom. The summed E-state index contributed by atoms with van der Waals surface area (Å²) in [6.07, 6.45) is 0. The fraction of sp³-hybridized carbons (Fsp3) is 0. The van der Waals surface area contributed by atoms with Gasteiger partial charge in [0, 0.05) is 33.4 Å². The Labute approximate surface area is 385 Å². The van der Waals surface area contributed by atoms with Gasteiger partial charge in [0.05, 0.1) is 22.8 Å². The number of benzene rings is 9. The molecule has 66 heavy (non-hydrogen) atoms. The number of aromatic nitrogens is 4. The van der Waals surface area contributed by atoms with Gasteiger partial charge in [-0.15, -0.1) is 0 Å². The summed E-state index contributed by atoms with van der Waals surface area (Å²) < 4.78 is 0. The molecule has 0 saturated carbocycles. The Bertz CT molecular complexity index is 3050. The van der Waals surface area contributed by atoms with E-state index in [-0.39, 0.29) is 0 Å². The van der Waals surface area contributed by atoms with Crippen LogP contribution in [0.1, 0.15) is 0 Å². The molecule has 0 N–H and O–H groups in total. The summed E-state index contributed by atoms with van der Waals surface area (Å²) in [5.74, 6) is 1.39. The number of nitrogens with zero attached hydrogens (tertiary/aromatic N) is 4. The average molecular weight is 843 g/mol. The van der Waals surface area contributed by atoms with Crippen molar-refractivity contribution >= 4 is 0 Å². The molecule has 310 valence electrons. The molecule has 11 rings (SSSR count). The van der Waals surface area contributed by atoms with E-state index in [2.05, 4.69) is 182 Å². The predicted octanol–water partition coefficient (Wildman–Crippen LogP) is 15.9. The molecule has 0 atom stereocenters. The topological polar surface area (TPSA) is 51.6 Å². The minimum absolute atomic E-state index is 0.693. The highest BCUT2D eigenvalue weighted by molar-refractivity contribution is 6.02. The van der Waals surface area contributed by atoms with Gasteiger partial charge in [-0.25, -0.2) is 19.9 Å². The molecule has 0 aliphatic carbocycles. The third kappa shape index (κ3) is 8.23. The van der Waals surface area contributed by atoms with E-state index >= 15 is 0 Å². The van der Waals surface area contributed by atoms with Gasteiger partial charge in [-0.3, -0.25) is 0 Å². The van der Waals surface area contributed by atoms with Crippen LogP contribution in [0.5, 0.6) is 0 Å². The van der Waals surface area contributed by atoms with Crippen molar-refractivity contribution in [2.75, 3.05) is 0 Å². The van der Waals surface area contributed by atoms with Crippen molar-refractivity contribution in [3.8, 4) is 112 Å². The van der Waals surface area contributed by atoms with Crippen LogP contribution in [0.2, 0.25) is 0 Å². The molecule has 0 aliphatic heterocycles. The maximum absolute atomic E-state index is 5.14. The zero-order valence-corrected chi connectivity index (χ0v) is 36.0. The first-order valence-electron chi connectivity index (χ1n) is 22.2. The molecule has 4 nitrogen and oxygen atoms in total. The van der Waals surface area contributed by atoms with Crippen LogP contribution in [0.25, 0.3) is 112 Å². The van der Waals surface area contributed by atoms with Gasteiger partial charge in [-0.2, -0.15) is 0 Å². The quantitative estimate of drug-likeness (QED) is 0.138. The van der Waals surface area contributed by atoms with E-state index in [1.807, 2.05) is 72.8 Å². The minimum Gasteiger partial charge on any atom is -0.228 e. The largest absolute Gasteiger partial charge is 0.228 e. The number of rotatable bonds is 10. The Hall–Kier alpha value is -8.86. The normalized spacial score (nSPS) is 11.0. The van der Waals surface area contributed by atoms with Gasteiger partial charge in [0.15, 0.2) is 11.6 Å². The smallest absolute Gasteiger partial charge is 0.160 e. The molecule has 0 unspecified atom stereocenters. The first-order chi connectivity index (χ1) is 32.7. The van der Waals surface area contributed by atoms with Crippen molar-refractivity contribution in [2.45, 2.75) is 0 Å². The summed E-state index contributed by atoms with van der Waals surface area (Å²) in [7, 11) is 0. The molecule has 11 aromatic rings. The SMILES string of the molecule is c1ccc(-c2cc(-c3ccc(-c4c(-c5ccccc5)ccc(-c5ccccc5)c4-c4ccc(-c5cc(-c6ccccc6)nc(-c6ccccc6)n5)cc4)cc3)nc(-c3ccccc3)n2)cc1. The fourth-order valence-electron chi connectivity index (χ4n) is 8.67. The van der Waals surface area contributed by atoms with Gasteiger partial charge in [0.2, 0.25) is 0 Å². The highest BCUT2D eigenvalue weighted by Gasteiger charge is 2.21. The third-order valence-electron chi connectivity index (χ3n) is 12.0. The predicted molar refractivity (Wildman–Crippen MR) is 272 cm³/mol. The highest BCUT2D eigenvalue weighted by Crippen LogP contribution is 2.46. The molecular weight excluding hydrogens is 801 g/mol. The zero-order chi connectivity index (χ0) is 44.1. The van der Waals surface area contributed by atoms with Crippen molar-refractivity contribution < 1.29 is 0 Å². The molecule has 0 bridgehead atoms. The van der Waals surface area contributed by atoms with Crippen molar-refractivity contribution in [1.82, 2.24) is 19.9 Å². The van der Waals surface area contributed by atoms with Gasteiger partial charge in [0.1, 0.15) is 0 Å². The third-order valence-corrected chi connectivity index (χ3v) is 12.0. The van der Waals surface area contributed by atoms with Gasteiger partial charge >= 0.3 is 0 Å². The summed E-state index contributed by atoms with van der Waals surface area (Å²) in [5, 5.41) is 0. The van der Waals surface area contributed by atoms with E-state index in [1.54, 1.807) is 0 Å². The van der Waals surface area contributed by atoms with E-state index in [9.17, 15) is 0 Å². The van der Waals surface area contributed by atoms with Crippen LogP contribution in [-0.4, -0.2) is 19.9 Å². The Balaban J connectivity index is 1.07. The van der Waals surface area contributed by atoms with Crippen molar-refractivity contribution in [3.05, 3.63) is 255 Å². The van der Waals surface area contributed by atoms with E-state index < -0.39 is 0 Å². The second-order valence-corrected chi connectivity index (χ2v) is 16.2. The van der Waals surface area contributed by atoms with Crippen molar-refractivity contribution in [2.24, 2.45) is 0 Å². The lowest BCUT2D eigenvalue weighted by Gasteiger charge is -2.21. The molecule has 0 spiro atoms. The maximum Gasteiger partial charge on any atom is 0.160 e. The van der Waals surface area contributed by atoms with Gasteiger partial charge in [0.25, 0.3) is 0 Å². The first-order valence-corrected chi connectivity index (χ1v) is 22.2. The molecule has 2 heterocycles. The van der Waals surface area contributed by atoms with E-state index in [0.717, 1.165) is 101 Å². The monoisotopic (exact) mass is 842 g/mol. The molecule has 0 saturated heterocycles. The van der Waals surface area contributed by atoms with Crippen LogP contribution in [0.3, 0.4) is 0 Å². The van der Waals surface area contributed by atoms with Crippen LogP contribution in [-0.2, 0) is 0 Å². The second-order valence-electron chi connectivity index (χ2n) is 16.2. The molecule has 2 aromatic heterocycles. The minimum atomic E-state index is 0.693. The summed E-state index contributed by atoms with van der Waals surface area (Å²) in [5.41, 5.74) is 18.6. The van der Waals surface area contributed by atoms with E-state index in [4.69, 9.17) is 19.9 Å². The van der Waals surface area contributed by atoms with Gasteiger partial charge in [-0.1, -0.05) is 243 Å². The molecule has 4 heteroatoms. The lowest BCUT2D eigenvalue weighted by atomic mass is 9.82. The number of hydrogen-bond acceptors (Lipinski definition) is 4. The first kappa shape index (κ1) is 40.0. The van der Waals surface area contributed by atoms with Crippen molar-refractivity contribution in [3.63, 3.8) is 0 Å². The Morgan fingerprint density at radius 1 is 0.182 bits per heavy atom. The van der Waals surface area contributed by atoms with Crippen LogP contribution in [0.15, 0.2) is 255 Å². The molecule has 0 aliphatic rings. The molecule has 0 radical (unpaired) electrons. The van der Waals surface area contributed by atoms with Crippen molar-refractivity contribution in [1.29, 1.82) is 0 Å². The van der Waals surface area contributed by atoms with E-state index in [0.29, 0.717) is 11.6 Å². The second kappa shape index (κ2) is 18.1. The standard InChI is InChI=1S/C62H42N4/c1-7-19-43(20-8-1)53-39-40-54(44-21-9-2-10-22-44)60(50-37-33-48(34-38-50)58-42-56(46-25-13-4-14-26-46)64-62(66-58)52-29-17-6-18-30-52)59(53)49-35-31-47(32-36-49)57-41-55(45-23-11-3-12-24-45)63-61(65-57)51-27-15-5-16-28-51/h1-42H. The van der Waals surface area contributed by atoms with Crippen LogP contribution in [0, 0.1) is 0 Å². The summed E-state index contributed by atoms with van der Waals surface area (Å²) >= 11 is 0. The number of hydrogen-bond donors (Lipinski definition) is 0. The average Bonchev–Trinajstić information content (AvgIpc) is 3.42. The lowest BCUT2D eigenvalue weighted by molar-refractivity contribution is 1.18. The summed E-state index contributed by atoms with van der Waals surface area (Å²) in [6, 6.07) is 88.9.